The van der Waals surface area contributed by atoms with E-state index in [2.05, 4.69) is 31.8 Å². The van der Waals surface area contributed by atoms with Crippen LogP contribution in [0.4, 0.5) is 0 Å². The quantitative estimate of drug-likeness (QED) is 0.403. The molecule has 0 amide bonds. The molecule has 1 atom stereocenters. The van der Waals surface area contributed by atoms with Gasteiger partial charge in [-0.05, 0) is 27.2 Å². The van der Waals surface area contributed by atoms with Crippen LogP contribution in [-0.2, 0) is 0 Å². The molecule has 0 aliphatic carbocycles. The Balaban J connectivity index is 4.67. The molecule has 0 aromatic heterocycles. The van der Waals surface area contributed by atoms with Crippen molar-refractivity contribution in [1.82, 2.24) is 5.32 Å². The maximum atomic E-state index is 6.14. The predicted molar refractivity (Wildman–Crippen MR) is 64.7 cm³/mol. The lowest BCUT2D eigenvalue weighted by atomic mass is 9.58. The minimum atomic E-state index is -0.248. The maximum Gasteiger partial charge on any atom is 0.0763 e. The summed E-state index contributed by atoms with van der Waals surface area (Å²) in [4.78, 5) is -0.193. The molecule has 0 aliphatic rings. The Morgan fingerprint density at radius 2 is 1.54 bits per heavy atom. The fourth-order valence-electron chi connectivity index (χ4n) is 1.38. The molecule has 76 valence electrons. The summed E-state index contributed by atoms with van der Waals surface area (Å²) in [6, 6.07) is 0. The molecule has 0 rings (SSSR count). The zero-order valence-electron chi connectivity index (χ0n) is 9.73. The van der Waals surface area contributed by atoms with E-state index in [-0.39, 0.29) is 15.7 Å². The van der Waals surface area contributed by atoms with Crippen LogP contribution in [0.5, 0.6) is 0 Å². The lowest BCUT2D eigenvalue weighted by Gasteiger charge is -2.46. The summed E-state index contributed by atoms with van der Waals surface area (Å²) in [6.07, 6.45) is 0.987. The third-order valence-electron chi connectivity index (χ3n) is 2.71. The van der Waals surface area contributed by atoms with Crippen molar-refractivity contribution in [2.75, 3.05) is 0 Å². The van der Waals surface area contributed by atoms with Gasteiger partial charge in [0.25, 0.3) is 0 Å². The van der Waals surface area contributed by atoms with Crippen LogP contribution < -0.4 is 5.32 Å². The van der Waals surface area contributed by atoms with Crippen LogP contribution in [0.1, 0.15) is 48.0 Å². The molecule has 0 fully saturated rings. The van der Waals surface area contributed by atoms with Gasteiger partial charge in [0.2, 0.25) is 0 Å². The van der Waals surface area contributed by atoms with Gasteiger partial charge in [-0.2, -0.15) is 12.6 Å². The second kappa shape index (κ2) is 3.86. The van der Waals surface area contributed by atoms with E-state index in [1.54, 1.807) is 0 Å². The summed E-state index contributed by atoms with van der Waals surface area (Å²) in [7, 11) is 6.14. The van der Waals surface area contributed by atoms with Gasteiger partial charge in [-0.3, -0.25) is 5.32 Å². The van der Waals surface area contributed by atoms with Crippen LogP contribution in [0, 0.1) is 0 Å². The normalized spacial score (nSPS) is 18.4. The minimum Gasteiger partial charge on any atom is -0.298 e. The van der Waals surface area contributed by atoms with Crippen LogP contribution in [-0.4, -0.2) is 18.3 Å². The lowest BCUT2D eigenvalue weighted by molar-refractivity contribution is 0.236. The summed E-state index contributed by atoms with van der Waals surface area (Å²) >= 11 is 4.47. The van der Waals surface area contributed by atoms with Gasteiger partial charge in [-0.15, -0.1) is 0 Å². The molecule has 1 unspecified atom stereocenters. The first kappa shape index (κ1) is 13.4. The zero-order chi connectivity index (χ0) is 10.9. The third-order valence-corrected chi connectivity index (χ3v) is 2.82. The lowest BCUT2D eigenvalue weighted by Crippen LogP contribution is -2.56. The average molecular weight is 199 g/mol. The van der Waals surface area contributed by atoms with Crippen LogP contribution in [0.25, 0.3) is 0 Å². The fraction of sp³-hybridized carbons (Fsp3) is 1.00. The average Bonchev–Trinajstić information content (AvgIpc) is 1.81. The van der Waals surface area contributed by atoms with Gasteiger partial charge < -0.3 is 0 Å². The largest absolute Gasteiger partial charge is 0.298 e. The van der Waals surface area contributed by atoms with Crippen molar-refractivity contribution in [2.24, 2.45) is 0 Å². The molecule has 0 aliphatic heterocycles. The van der Waals surface area contributed by atoms with Gasteiger partial charge in [-0.25, -0.2) is 0 Å². The van der Waals surface area contributed by atoms with Gasteiger partial charge in [0, 0.05) is 5.54 Å². The van der Waals surface area contributed by atoms with Crippen LogP contribution >= 0.6 is 12.6 Å². The smallest absolute Gasteiger partial charge is 0.0763 e. The first-order valence-electron chi connectivity index (χ1n) is 4.82. The summed E-state index contributed by atoms with van der Waals surface area (Å²) in [5, 5.41) is 3.21. The highest BCUT2D eigenvalue weighted by Gasteiger charge is 2.37. The molecular formula is C10H22BNS. The van der Waals surface area contributed by atoms with Crippen molar-refractivity contribution in [3.8, 4) is 0 Å². The number of rotatable bonds is 4. The monoisotopic (exact) mass is 199 g/mol. The third kappa shape index (κ3) is 3.95. The van der Waals surface area contributed by atoms with E-state index in [0.717, 1.165) is 6.42 Å². The predicted octanol–water partition coefficient (Wildman–Crippen LogP) is 2.78. The molecule has 0 aromatic rings. The molecule has 2 radical (unpaired) electrons. The number of nitrogens with one attached hydrogen (secondary N) is 1. The van der Waals surface area contributed by atoms with E-state index >= 15 is 0 Å². The van der Waals surface area contributed by atoms with Crippen molar-refractivity contribution in [1.29, 1.82) is 0 Å². The van der Waals surface area contributed by atoms with Crippen molar-refractivity contribution in [3.05, 3.63) is 0 Å². The molecule has 1 nitrogen and oxygen atoms in total. The zero-order valence-corrected chi connectivity index (χ0v) is 10.6. The van der Waals surface area contributed by atoms with Gasteiger partial charge in [-0.1, -0.05) is 26.1 Å². The molecular weight excluding hydrogens is 177 g/mol. The Kier molecular flexibility index (Phi) is 3.97. The Bertz CT molecular complexity index is 169. The van der Waals surface area contributed by atoms with Crippen molar-refractivity contribution >= 4 is 20.5 Å². The molecule has 13 heavy (non-hydrogen) atoms. The molecule has 1 N–H and O–H groups in total. The highest BCUT2D eigenvalue weighted by Crippen LogP contribution is 2.38. The Morgan fingerprint density at radius 1 is 1.15 bits per heavy atom. The Hall–Kier alpha value is 0.375. The second-order valence-electron chi connectivity index (χ2n) is 5.09. The van der Waals surface area contributed by atoms with E-state index in [9.17, 15) is 0 Å². The molecule has 0 aromatic carbocycles. The molecule has 3 heteroatoms. The van der Waals surface area contributed by atoms with Gasteiger partial charge in [0.1, 0.15) is 0 Å². The fourth-order valence-corrected chi connectivity index (χ4v) is 1.63. The van der Waals surface area contributed by atoms with Gasteiger partial charge in [0.15, 0.2) is 0 Å². The summed E-state index contributed by atoms with van der Waals surface area (Å²) in [6.45, 7) is 12.4. The first-order chi connectivity index (χ1) is 5.52. The van der Waals surface area contributed by atoms with Gasteiger partial charge in [0.05, 0.1) is 12.7 Å². The molecule has 0 bridgehead atoms. The molecule has 0 spiro atoms. The highest BCUT2D eigenvalue weighted by molar-refractivity contribution is 7.81. The standard InChI is InChI=1S/C10H22BNS/c1-7-10(6,8(2,3)11)12-9(4,5)13/h12-13H,7H2,1-6H3. The van der Waals surface area contributed by atoms with Crippen LogP contribution in [0.15, 0.2) is 0 Å². The maximum absolute atomic E-state index is 6.14. The van der Waals surface area contributed by atoms with Crippen LogP contribution in [0.3, 0.4) is 0 Å². The molecule has 0 saturated carbocycles. The van der Waals surface area contributed by atoms with Crippen molar-refractivity contribution < 1.29 is 0 Å². The summed E-state index contributed by atoms with van der Waals surface area (Å²) in [5.74, 6) is 0. The Labute approximate surface area is 89.9 Å². The van der Waals surface area contributed by atoms with Crippen LogP contribution in [0.2, 0.25) is 5.31 Å². The summed E-state index contributed by atoms with van der Waals surface area (Å²) < 4.78 is 0. The van der Waals surface area contributed by atoms with E-state index in [0.29, 0.717) is 0 Å². The van der Waals surface area contributed by atoms with Crippen molar-refractivity contribution in [3.63, 3.8) is 0 Å². The van der Waals surface area contributed by atoms with Gasteiger partial charge >= 0.3 is 0 Å². The minimum absolute atomic E-state index is 0.0851. The SMILES string of the molecule is [B]C(C)(C)C(C)(CC)NC(C)(C)S. The number of thiol groups is 1. The topological polar surface area (TPSA) is 12.0 Å². The first-order valence-corrected chi connectivity index (χ1v) is 5.27. The molecule has 0 saturated heterocycles. The van der Waals surface area contributed by atoms with E-state index < -0.39 is 0 Å². The highest BCUT2D eigenvalue weighted by atomic mass is 32.1. The molecule has 0 heterocycles. The van der Waals surface area contributed by atoms with E-state index in [1.807, 2.05) is 27.7 Å². The number of hydrogen-bond donors (Lipinski definition) is 2. The number of hydrogen-bond acceptors (Lipinski definition) is 2. The Morgan fingerprint density at radius 3 is 1.62 bits per heavy atom. The van der Waals surface area contributed by atoms with E-state index in [1.165, 1.54) is 0 Å². The second-order valence-corrected chi connectivity index (χ2v) is 6.21. The summed E-state index contributed by atoms with van der Waals surface area (Å²) in [5.41, 5.74) is -0.0851. The van der Waals surface area contributed by atoms with Crippen molar-refractivity contribution in [2.45, 2.75) is 63.7 Å². The van der Waals surface area contributed by atoms with E-state index in [4.69, 9.17) is 7.85 Å².